The van der Waals surface area contributed by atoms with E-state index in [1.54, 1.807) is 40.8 Å². The number of amides is 1. The minimum absolute atomic E-state index is 0. The van der Waals surface area contributed by atoms with Crippen LogP contribution in [0.15, 0.2) is 73.9 Å². The fourth-order valence-electron chi connectivity index (χ4n) is 2.50. The van der Waals surface area contributed by atoms with E-state index in [2.05, 4.69) is 29.7 Å². The number of ether oxygens (including phenoxy) is 1. The van der Waals surface area contributed by atoms with Gasteiger partial charge >= 0.3 is 35.3 Å². The number of carbonyl (C=O) groups excluding carboxylic acids is 5. The van der Waals surface area contributed by atoms with Crippen molar-refractivity contribution in [1.82, 2.24) is 25.3 Å². The number of nitrogens with zero attached hydrogens (tertiary/aromatic N) is 4. The minimum atomic E-state index is -4.64. The van der Waals surface area contributed by atoms with Crippen molar-refractivity contribution in [2.75, 3.05) is 0 Å². The van der Waals surface area contributed by atoms with Gasteiger partial charge in [0, 0.05) is 5.92 Å². The van der Waals surface area contributed by atoms with Crippen LogP contribution in [0.5, 0.6) is 0 Å². The molecule has 59 heavy (non-hydrogen) atoms. The molecule has 0 aliphatic rings. The summed E-state index contributed by atoms with van der Waals surface area (Å²) < 4.78 is 55.0. The summed E-state index contributed by atoms with van der Waals surface area (Å²) in [5.41, 5.74) is 4.76. The second-order valence-electron chi connectivity index (χ2n) is 12.4. The van der Waals surface area contributed by atoms with Gasteiger partial charge in [-0.2, -0.15) is 27.0 Å². The molecule has 4 rings (SSSR count). The van der Waals surface area contributed by atoms with E-state index >= 15 is 0 Å². The van der Waals surface area contributed by atoms with Gasteiger partial charge in [0.05, 0.1) is 36.9 Å². The molecule has 22 heteroatoms. The summed E-state index contributed by atoms with van der Waals surface area (Å²) in [5.74, 6) is 0.465. The van der Waals surface area contributed by atoms with Crippen LogP contribution in [0.25, 0.3) is 0 Å². The largest absolute Gasteiger partial charge is 2.00 e. The van der Waals surface area contributed by atoms with Crippen LogP contribution in [0.4, 0.5) is 18.0 Å². The summed E-state index contributed by atoms with van der Waals surface area (Å²) >= 11 is 0. The molecule has 4 heterocycles. The van der Waals surface area contributed by atoms with Gasteiger partial charge in [0.1, 0.15) is 43.0 Å². The van der Waals surface area contributed by atoms with Gasteiger partial charge in [0.25, 0.3) is 11.8 Å². The van der Waals surface area contributed by atoms with Crippen LogP contribution in [0.3, 0.4) is 0 Å². The van der Waals surface area contributed by atoms with Crippen molar-refractivity contribution in [3.05, 3.63) is 80.3 Å². The minimum Gasteiger partial charge on any atom is -1.00 e. The molecular weight excluding hydrogens is 821 g/mol. The molecule has 332 valence electrons. The number of hydrogen-bond acceptors (Lipinski definition) is 16. The third-order valence-corrected chi connectivity index (χ3v) is 4.99. The molecular formula is C37H58ClF3MgN6O11. The number of alkyl carbamates (subject to hydrolysis) is 1. The summed E-state index contributed by atoms with van der Waals surface area (Å²) in [7, 11) is 0. The summed E-state index contributed by atoms with van der Waals surface area (Å²) in [6, 6.07) is -1.04. The molecule has 0 aliphatic heterocycles. The fourth-order valence-corrected chi connectivity index (χ4v) is 2.50. The molecule has 0 fully saturated rings. The first-order valence-electron chi connectivity index (χ1n) is 16.7. The maximum atomic E-state index is 11.0. The zero-order valence-corrected chi connectivity index (χ0v) is 36.6. The van der Waals surface area contributed by atoms with E-state index in [1.807, 2.05) is 48.0 Å². The third kappa shape index (κ3) is 40.1. The van der Waals surface area contributed by atoms with Gasteiger partial charge in [-0.3, -0.25) is 14.4 Å². The van der Waals surface area contributed by atoms with Crippen molar-refractivity contribution in [1.29, 1.82) is 0 Å². The summed E-state index contributed by atoms with van der Waals surface area (Å²) in [4.78, 5) is 66.5. The normalized spacial score (nSPS) is 11.2. The molecule has 3 atom stereocenters. The number of Topliss-reactive ketones (excluding diaryl/α,β-unsaturated/α-hetero) is 2. The summed E-state index contributed by atoms with van der Waals surface area (Å²) in [6.07, 6.45) is 8.88. The fraction of sp³-hybridized carbons (Fsp3) is 0.514. The van der Waals surface area contributed by atoms with Gasteiger partial charge < -0.3 is 62.2 Å². The smallest absolute Gasteiger partial charge is 1.00 e. The van der Waals surface area contributed by atoms with E-state index in [-0.39, 0.29) is 78.1 Å². The number of alkyl halides is 3. The Balaban J connectivity index is -0.000000142. The van der Waals surface area contributed by atoms with E-state index < -0.39 is 42.3 Å². The Morgan fingerprint density at radius 3 is 1.54 bits per heavy atom. The van der Waals surface area contributed by atoms with Gasteiger partial charge in [0.15, 0.2) is 6.39 Å². The number of nitrogens with two attached hydrogens (primary N) is 1. The van der Waals surface area contributed by atoms with Gasteiger partial charge in [-0.05, 0) is 40.5 Å². The summed E-state index contributed by atoms with van der Waals surface area (Å²) in [5, 5.41) is 11.7. The molecule has 0 aromatic carbocycles. The molecule has 0 saturated heterocycles. The van der Waals surface area contributed by atoms with Crippen LogP contribution in [0.1, 0.15) is 117 Å². The molecule has 0 spiro atoms. The van der Waals surface area contributed by atoms with Gasteiger partial charge in [-0.25, -0.2) is 24.7 Å². The maximum Gasteiger partial charge on any atom is 2.00 e. The molecule has 0 radical (unpaired) electrons. The predicted molar refractivity (Wildman–Crippen MR) is 208 cm³/mol. The van der Waals surface area contributed by atoms with Crippen LogP contribution >= 0.6 is 0 Å². The van der Waals surface area contributed by atoms with Gasteiger partial charge in [-0.15, -0.1) is 0 Å². The van der Waals surface area contributed by atoms with Crippen molar-refractivity contribution in [2.24, 2.45) is 17.6 Å². The van der Waals surface area contributed by atoms with Crippen molar-refractivity contribution in [3.8, 4) is 0 Å². The van der Waals surface area contributed by atoms with Crippen molar-refractivity contribution in [2.45, 2.75) is 114 Å². The Morgan fingerprint density at radius 1 is 0.847 bits per heavy atom. The monoisotopic (exact) mass is 878 g/mol. The number of aliphatic hydroxyl groups is 1. The standard InChI is InChI=1S/C8H15NO3.C7H11NO2.C7H9NO2.C6H8N2O2.C3H3NO.C3H7.C2HF3O.CH4.ClH.Mg/c1-6(5-10)9-7(11)12-8(2,3)4;2*1-5(2)6(9)7-8-3-4-10-7;1-4(7)5(9)6-8-2-3-10-6;1-2-5-3-4-1;1-3-2;3-2(4,5)1-6;;;/h5-6H,1-4H3,(H,9,11);3-6,9H,1-2H3;3-5H,1-2H3;2-4H,7H2,1H3;1-3H;3H,1-2H3;1H;1H4;1H;/q;;;;;-1;;;;+2/p-1/t6-;;;4-;;;;;;/m0..0....../s1. The first-order chi connectivity index (χ1) is 26.0. The molecule has 1 amide bonds. The second-order valence-corrected chi connectivity index (χ2v) is 12.4. The molecule has 4 aromatic heterocycles. The van der Waals surface area contributed by atoms with E-state index in [4.69, 9.17) is 28.5 Å². The van der Waals surface area contributed by atoms with Crippen molar-refractivity contribution < 1.29 is 77.1 Å². The quantitative estimate of drug-likeness (QED) is 0.0975. The van der Waals surface area contributed by atoms with Gasteiger partial charge in [0.2, 0.25) is 23.7 Å². The third-order valence-electron chi connectivity index (χ3n) is 4.99. The van der Waals surface area contributed by atoms with Crippen LogP contribution in [-0.2, 0) is 14.3 Å². The van der Waals surface area contributed by atoms with Crippen molar-refractivity contribution >= 4 is 53.3 Å². The topological polar surface area (TPSA) is 257 Å². The number of aromatic nitrogens is 4. The molecule has 0 aliphatic carbocycles. The molecule has 0 bridgehead atoms. The number of rotatable bonds is 8. The SMILES string of the molecule is C.CC(C)C(=O)c1ncco1.CC(C)C(O)c1ncco1.C[C@@H](C=O)NC(=O)OC(C)(C)C.C[C@H](N)C(=O)c1ncco1.C[CH-]C.O=CC(F)(F)F.[Cl-].[Mg+2].c1cocn1. The zero-order chi connectivity index (χ0) is 43.9. The van der Waals surface area contributed by atoms with E-state index in [1.165, 1.54) is 50.0 Å². The summed E-state index contributed by atoms with van der Waals surface area (Å²) in [6.45, 7) is 19.9. The average molecular weight is 880 g/mol. The Bertz CT molecular complexity index is 1470. The number of ketones is 2. The molecule has 17 nitrogen and oxygen atoms in total. The van der Waals surface area contributed by atoms with Crippen LogP contribution in [0.2, 0.25) is 0 Å². The Kier molecular flexibility index (Phi) is 42.5. The molecule has 1 unspecified atom stereocenters. The number of oxazole rings is 4. The predicted octanol–water partition coefficient (Wildman–Crippen LogP) is 4.09. The average Bonchev–Trinajstić information content (AvgIpc) is 3.96. The number of nitrogens with one attached hydrogen (secondary N) is 1. The first kappa shape index (κ1) is 66.4. The van der Waals surface area contributed by atoms with Gasteiger partial charge in [-0.1, -0.05) is 35.1 Å². The molecule has 4 aromatic rings. The first-order valence-corrected chi connectivity index (χ1v) is 16.7. The molecule has 0 saturated carbocycles. The number of aliphatic hydroxyl groups excluding tert-OH is 1. The van der Waals surface area contributed by atoms with E-state index in [9.17, 15) is 37.5 Å². The number of hydrogen-bond donors (Lipinski definition) is 3. The number of carbonyl (C=O) groups is 5. The van der Waals surface area contributed by atoms with Crippen LogP contribution in [0, 0.1) is 18.3 Å². The number of halogens is 4. The second kappa shape index (κ2) is 37.8. The van der Waals surface area contributed by atoms with E-state index in [0.29, 0.717) is 12.2 Å². The zero-order valence-electron chi connectivity index (χ0n) is 34.4. The Morgan fingerprint density at radius 2 is 1.29 bits per heavy atom. The molecule has 4 N–H and O–H groups in total. The Labute approximate surface area is 365 Å². The van der Waals surface area contributed by atoms with E-state index in [0.717, 1.165) is 0 Å². The van der Waals surface area contributed by atoms with Crippen LogP contribution < -0.4 is 23.5 Å². The number of aldehydes is 2. The maximum absolute atomic E-state index is 11.0. The Hall–Kier alpha value is -4.44. The van der Waals surface area contributed by atoms with Crippen molar-refractivity contribution in [3.63, 3.8) is 0 Å². The van der Waals surface area contributed by atoms with Crippen LogP contribution in [-0.4, -0.2) is 102 Å².